The average Bonchev–Trinajstić information content (AvgIpc) is 2.89. The van der Waals surface area contributed by atoms with Gasteiger partial charge in [0.15, 0.2) is 5.75 Å². The smallest absolute Gasteiger partial charge is 0.262 e. The van der Waals surface area contributed by atoms with Gasteiger partial charge < -0.3 is 9.64 Å². The summed E-state index contributed by atoms with van der Waals surface area (Å²) in [7, 11) is -3.91. The van der Waals surface area contributed by atoms with Crippen LogP contribution in [0.4, 0.5) is 11.4 Å². The highest BCUT2D eigenvalue weighted by Gasteiger charge is 2.26. The maximum Gasteiger partial charge on any atom is 0.262 e. The molecule has 1 heterocycles. The number of halogens is 1. The predicted molar refractivity (Wildman–Crippen MR) is 142 cm³/mol. The number of hydrogen-bond acceptors (Lipinski definition) is 4. The zero-order valence-corrected chi connectivity index (χ0v) is 20.8. The summed E-state index contributed by atoms with van der Waals surface area (Å²) in [4.78, 5) is 14.9. The third-order valence-electron chi connectivity index (χ3n) is 5.90. The minimum atomic E-state index is -3.91. The lowest BCUT2D eigenvalue weighted by Crippen LogP contribution is -2.35. The van der Waals surface area contributed by atoms with Crippen molar-refractivity contribution >= 4 is 38.9 Å². The van der Waals surface area contributed by atoms with Crippen LogP contribution in [0.2, 0.25) is 5.02 Å². The molecule has 1 amide bonds. The van der Waals surface area contributed by atoms with E-state index in [1.54, 1.807) is 77.7 Å². The van der Waals surface area contributed by atoms with E-state index in [-0.39, 0.29) is 10.8 Å². The molecule has 0 saturated heterocycles. The van der Waals surface area contributed by atoms with Gasteiger partial charge in [0, 0.05) is 22.8 Å². The molecule has 0 saturated carbocycles. The Labute approximate surface area is 215 Å². The lowest BCUT2D eigenvalue weighted by Gasteiger charge is -2.30. The summed E-state index contributed by atoms with van der Waals surface area (Å²) in [5.74, 6) is 0.824. The number of rotatable bonds is 6. The van der Waals surface area contributed by atoms with Gasteiger partial charge in [-0.05, 0) is 79.1 Å². The maximum absolute atomic E-state index is 13.3. The van der Waals surface area contributed by atoms with Crippen LogP contribution in [0.1, 0.15) is 22.3 Å². The fourth-order valence-corrected chi connectivity index (χ4v) is 5.50. The third kappa shape index (κ3) is 5.08. The number of fused-ring (bicyclic) bond motifs is 1. The van der Waals surface area contributed by atoms with E-state index in [2.05, 4.69) is 4.72 Å². The number of para-hydroxylation sites is 3. The first-order valence-corrected chi connectivity index (χ1v) is 13.3. The normalized spacial score (nSPS) is 13.1. The van der Waals surface area contributed by atoms with Gasteiger partial charge in [-0.25, -0.2) is 8.42 Å². The first-order valence-electron chi connectivity index (χ1n) is 11.5. The molecule has 6 nitrogen and oxygen atoms in total. The third-order valence-corrected chi connectivity index (χ3v) is 7.50. The molecule has 1 N–H and O–H groups in total. The Morgan fingerprint density at radius 3 is 2.47 bits per heavy atom. The molecule has 8 heteroatoms. The molecule has 0 fully saturated rings. The summed E-state index contributed by atoms with van der Waals surface area (Å²) >= 11 is 6.07. The van der Waals surface area contributed by atoms with E-state index in [1.165, 1.54) is 6.07 Å². The average molecular weight is 519 g/mol. The van der Waals surface area contributed by atoms with Crippen molar-refractivity contribution in [1.82, 2.24) is 0 Å². The number of amides is 1. The van der Waals surface area contributed by atoms with E-state index in [1.807, 2.05) is 18.2 Å². The Kier molecular flexibility index (Phi) is 6.67. The van der Waals surface area contributed by atoms with Crippen molar-refractivity contribution in [2.75, 3.05) is 16.2 Å². The highest BCUT2D eigenvalue weighted by Crippen LogP contribution is 2.34. The molecule has 0 unspecified atom stereocenters. The summed E-state index contributed by atoms with van der Waals surface area (Å²) < 4.78 is 35.1. The molecule has 4 aromatic carbocycles. The number of hydrogen-bond donors (Lipinski definition) is 1. The van der Waals surface area contributed by atoms with Gasteiger partial charge in [0.05, 0.1) is 10.6 Å². The highest BCUT2D eigenvalue weighted by atomic mass is 35.5. The van der Waals surface area contributed by atoms with Crippen molar-refractivity contribution < 1.29 is 17.9 Å². The monoisotopic (exact) mass is 518 g/mol. The van der Waals surface area contributed by atoms with E-state index < -0.39 is 10.0 Å². The second-order valence-electron chi connectivity index (χ2n) is 8.38. The SMILES string of the molecule is O=C(c1cccc(Cl)c1)N1CCCc2cc(S(=O)(=O)Nc3ccccc3Oc3ccccc3)ccc21. The fourth-order valence-electron chi connectivity index (χ4n) is 4.19. The number of nitrogens with one attached hydrogen (secondary N) is 1. The van der Waals surface area contributed by atoms with Crippen molar-refractivity contribution in [3.8, 4) is 11.5 Å². The summed E-state index contributed by atoms with van der Waals surface area (Å²) in [5, 5.41) is 0.488. The van der Waals surface area contributed by atoms with Crippen molar-refractivity contribution in [1.29, 1.82) is 0 Å². The number of aryl methyl sites for hydroxylation is 1. The molecule has 1 aliphatic rings. The summed E-state index contributed by atoms with van der Waals surface area (Å²) in [6.45, 7) is 0.549. The van der Waals surface area contributed by atoms with Gasteiger partial charge in [0.25, 0.3) is 15.9 Å². The van der Waals surface area contributed by atoms with Crippen LogP contribution in [0.3, 0.4) is 0 Å². The van der Waals surface area contributed by atoms with Gasteiger partial charge in [-0.2, -0.15) is 0 Å². The number of benzene rings is 4. The van der Waals surface area contributed by atoms with Crippen LogP contribution >= 0.6 is 11.6 Å². The lowest BCUT2D eigenvalue weighted by atomic mass is 10.0. The number of carbonyl (C=O) groups is 1. The molecular formula is C28H23ClN2O4S. The van der Waals surface area contributed by atoms with Crippen LogP contribution in [0, 0.1) is 0 Å². The van der Waals surface area contributed by atoms with Crippen molar-refractivity contribution in [2.24, 2.45) is 0 Å². The van der Waals surface area contributed by atoms with E-state index in [4.69, 9.17) is 16.3 Å². The molecule has 36 heavy (non-hydrogen) atoms. The molecular weight excluding hydrogens is 496 g/mol. The van der Waals surface area contributed by atoms with Gasteiger partial charge in [0.1, 0.15) is 5.75 Å². The van der Waals surface area contributed by atoms with E-state index in [9.17, 15) is 13.2 Å². The number of ether oxygens (including phenoxy) is 1. The molecule has 4 aromatic rings. The van der Waals surface area contributed by atoms with Crippen molar-refractivity contribution in [2.45, 2.75) is 17.7 Å². The Hall–Kier alpha value is -3.81. The zero-order chi connectivity index (χ0) is 25.1. The molecule has 0 aromatic heterocycles. The van der Waals surface area contributed by atoms with E-state index in [0.29, 0.717) is 46.4 Å². The summed E-state index contributed by atoms with van der Waals surface area (Å²) in [5.41, 5.74) is 2.33. The predicted octanol–water partition coefficient (Wildman–Crippen LogP) is 6.53. The van der Waals surface area contributed by atoms with Crippen LogP contribution in [0.5, 0.6) is 11.5 Å². The van der Waals surface area contributed by atoms with E-state index in [0.717, 1.165) is 12.0 Å². The molecule has 0 atom stereocenters. The van der Waals surface area contributed by atoms with Gasteiger partial charge >= 0.3 is 0 Å². The van der Waals surface area contributed by atoms with Crippen molar-refractivity contribution in [3.63, 3.8) is 0 Å². The van der Waals surface area contributed by atoms with Crippen LogP contribution in [-0.2, 0) is 16.4 Å². The number of nitrogens with zero attached hydrogens (tertiary/aromatic N) is 1. The topological polar surface area (TPSA) is 75.7 Å². The molecule has 5 rings (SSSR count). The van der Waals surface area contributed by atoms with Gasteiger partial charge in [-0.3, -0.25) is 9.52 Å². The standard InChI is InChI=1S/C28H23ClN2O4S/c29-22-10-6-8-21(18-22)28(32)31-17-7-9-20-19-24(15-16-26(20)31)36(33,34)30-25-13-4-5-14-27(25)35-23-11-2-1-3-12-23/h1-6,8,10-16,18-19,30H,7,9,17H2. The summed E-state index contributed by atoms with van der Waals surface area (Å²) in [6, 6.07) is 27.7. The van der Waals surface area contributed by atoms with Gasteiger partial charge in [-0.1, -0.05) is 48.0 Å². The van der Waals surface area contributed by atoms with Crippen LogP contribution in [0.15, 0.2) is 102 Å². The lowest BCUT2D eigenvalue weighted by molar-refractivity contribution is 0.0985. The maximum atomic E-state index is 13.3. The number of carbonyl (C=O) groups excluding carboxylic acids is 1. The largest absolute Gasteiger partial charge is 0.455 e. The molecule has 0 bridgehead atoms. The van der Waals surface area contributed by atoms with Gasteiger partial charge in [0.2, 0.25) is 0 Å². The molecule has 1 aliphatic heterocycles. The van der Waals surface area contributed by atoms with Gasteiger partial charge in [-0.15, -0.1) is 0 Å². The van der Waals surface area contributed by atoms with Crippen molar-refractivity contribution in [3.05, 3.63) is 113 Å². The fraction of sp³-hybridized carbons (Fsp3) is 0.107. The number of anilines is 2. The first kappa shape index (κ1) is 23.9. The molecule has 0 radical (unpaired) electrons. The number of sulfonamides is 1. The molecule has 182 valence electrons. The highest BCUT2D eigenvalue weighted by molar-refractivity contribution is 7.92. The van der Waals surface area contributed by atoms with Crippen LogP contribution in [0.25, 0.3) is 0 Å². The first-order chi connectivity index (χ1) is 17.4. The van der Waals surface area contributed by atoms with Crippen LogP contribution < -0.4 is 14.4 Å². The Balaban J connectivity index is 1.41. The second-order valence-corrected chi connectivity index (χ2v) is 10.5. The molecule has 0 aliphatic carbocycles. The quantitative estimate of drug-likeness (QED) is 0.315. The Morgan fingerprint density at radius 2 is 1.67 bits per heavy atom. The minimum Gasteiger partial charge on any atom is -0.455 e. The van der Waals surface area contributed by atoms with E-state index >= 15 is 0 Å². The Bertz CT molecular complexity index is 1520. The minimum absolute atomic E-state index is 0.118. The zero-order valence-electron chi connectivity index (χ0n) is 19.2. The summed E-state index contributed by atoms with van der Waals surface area (Å²) in [6.07, 6.45) is 1.40. The Morgan fingerprint density at radius 1 is 0.889 bits per heavy atom. The molecule has 0 spiro atoms. The van der Waals surface area contributed by atoms with Crippen LogP contribution in [-0.4, -0.2) is 20.9 Å². The second kappa shape index (κ2) is 10.0.